The molecule has 1 saturated heterocycles. The van der Waals surface area contributed by atoms with Crippen molar-refractivity contribution in [1.29, 1.82) is 0 Å². The van der Waals surface area contributed by atoms with Gasteiger partial charge in [-0.25, -0.2) is 87.7 Å². The molecule has 1 fully saturated rings. The SMILES string of the molecule is CC(C)CCCN1CCC(c2ccccn2)CC1.CNC(=O)N1C(=O)NC(COC)=C(C(C)=O)C1c1ccc(F)c(F)c1.[C-]#[N+]CCOC(=O)C1=C(COC)N=C(OC)N(C(=O)Oc2ccc([N+](=O)[O-])cc2)C1c1ccc(F)c(F)c1.[C-]#[N+]CCOC(=O)C1=C(COC)NC(=O)N(C(=O)NC)C1c1ccc(F)c(F)c1. The Labute approximate surface area is 628 Å². The fraction of sp³-hybridized carbons (Fsp3) is 0.378. The summed E-state index contributed by atoms with van der Waals surface area (Å²) in [5.74, 6) is -7.99. The zero-order valence-corrected chi connectivity index (χ0v) is 61.3. The van der Waals surface area contributed by atoms with Crippen LogP contribution in [0.4, 0.5) is 56.0 Å². The number of methoxy groups -OCH3 is 4. The van der Waals surface area contributed by atoms with E-state index in [0.29, 0.717) is 10.8 Å². The molecule has 9 rings (SSSR count). The number of likely N-dealkylation sites (tertiary alicyclic amines) is 1. The lowest BCUT2D eigenvalue weighted by Gasteiger charge is -2.36. The second-order valence-electron chi connectivity index (χ2n) is 24.5. The van der Waals surface area contributed by atoms with Gasteiger partial charge in [-0.05, 0) is 136 Å². The molecule has 30 nitrogen and oxygen atoms in total. The maximum Gasteiger partial charge on any atom is 0.424 e. The van der Waals surface area contributed by atoms with Crippen LogP contribution in [0.5, 0.6) is 5.75 Å². The lowest BCUT2D eigenvalue weighted by molar-refractivity contribution is -0.384. The minimum Gasteiger partial charge on any atom is -0.468 e. The first kappa shape index (κ1) is 86.8. The molecule has 0 saturated carbocycles. The second-order valence-corrected chi connectivity index (χ2v) is 24.5. The number of non-ortho nitro benzene ring substituents is 1. The van der Waals surface area contributed by atoms with Crippen LogP contribution in [0, 0.1) is 64.1 Å². The molecule has 4 N–H and O–H groups in total. The summed E-state index contributed by atoms with van der Waals surface area (Å²) in [5.41, 5.74) is 0.717. The van der Waals surface area contributed by atoms with Crippen molar-refractivity contribution in [2.75, 3.05) is 108 Å². The normalized spacial score (nSPS) is 16.4. The molecule has 0 spiro atoms. The van der Waals surface area contributed by atoms with Crippen LogP contribution in [0.3, 0.4) is 0 Å². The van der Waals surface area contributed by atoms with Crippen LogP contribution in [0.2, 0.25) is 0 Å². The summed E-state index contributed by atoms with van der Waals surface area (Å²) in [7, 11) is 7.75. The van der Waals surface area contributed by atoms with Gasteiger partial charge in [-0.15, -0.1) is 0 Å². The van der Waals surface area contributed by atoms with Gasteiger partial charge < -0.3 is 69.0 Å². The summed E-state index contributed by atoms with van der Waals surface area (Å²) in [6.45, 7) is 22.0. The number of Topliss-reactive ketones (excluding diaryl/α,β-unsaturated/α-hetero) is 1. The zero-order chi connectivity index (χ0) is 80.9. The summed E-state index contributed by atoms with van der Waals surface area (Å²) >= 11 is 0. The van der Waals surface area contributed by atoms with E-state index in [2.05, 4.69) is 71.8 Å². The third-order valence-corrected chi connectivity index (χ3v) is 16.7. The summed E-state index contributed by atoms with van der Waals surface area (Å²) in [6, 6.07) is 11.3. The quantitative estimate of drug-likeness (QED) is 0.0118. The van der Waals surface area contributed by atoms with Gasteiger partial charge in [0, 0.05) is 70.9 Å². The van der Waals surface area contributed by atoms with Crippen molar-refractivity contribution in [3.05, 3.63) is 227 Å². The second kappa shape index (κ2) is 42.4. The van der Waals surface area contributed by atoms with Crippen molar-refractivity contribution in [2.45, 2.75) is 70.5 Å². The summed E-state index contributed by atoms with van der Waals surface area (Å²) in [5, 5.41) is 20.3. The molecule has 5 aromatic rings. The van der Waals surface area contributed by atoms with Crippen LogP contribution >= 0.6 is 0 Å². The average molecular weight is 1540 g/mol. The maximum absolute atomic E-state index is 14.3. The Morgan fingerprint density at radius 3 is 1.51 bits per heavy atom. The van der Waals surface area contributed by atoms with Crippen molar-refractivity contribution in [3.63, 3.8) is 0 Å². The molecule has 5 heterocycles. The Balaban J connectivity index is 0.000000236. The highest BCUT2D eigenvalue weighted by molar-refractivity contribution is 6.04. The first-order valence-corrected chi connectivity index (χ1v) is 33.8. The molecule has 3 unspecified atom stereocenters. The van der Waals surface area contributed by atoms with Crippen LogP contribution in [0.1, 0.15) is 92.9 Å². The van der Waals surface area contributed by atoms with Crippen molar-refractivity contribution >= 4 is 59.6 Å². The van der Waals surface area contributed by atoms with Crippen LogP contribution in [-0.2, 0) is 42.8 Å². The van der Waals surface area contributed by atoms with Crippen molar-refractivity contribution in [2.24, 2.45) is 10.9 Å². The highest BCUT2D eigenvalue weighted by atomic mass is 19.2. The number of benzene rings is 4. The smallest absolute Gasteiger partial charge is 0.424 e. The Kier molecular flexibility index (Phi) is 33.5. The van der Waals surface area contributed by atoms with E-state index in [1.807, 2.05) is 12.3 Å². The first-order chi connectivity index (χ1) is 52.6. The number of pyridine rings is 1. The number of amides is 9. The molecular formula is C74H81F6N13O17. The number of aliphatic imine (C=N–C) groups is 1. The Morgan fingerprint density at radius 2 is 1.10 bits per heavy atom. The van der Waals surface area contributed by atoms with E-state index in [1.165, 1.54) is 119 Å². The average Bonchev–Trinajstić information content (AvgIpc) is 0.769. The van der Waals surface area contributed by atoms with Gasteiger partial charge in [0.1, 0.15) is 17.8 Å². The van der Waals surface area contributed by atoms with Crippen molar-refractivity contribution in [3.8, 4) is 5.75 Å². The van der Waals surface area contributed by atoms with Crippen LogP contribution in [0.25, 0.3) is 9.69 Å². The minimum absolute atomic E-state index is 0.000184. The number of urea groups is 4. The number of halogens is 6. The number of nitrogens with zero attached hydrogens (tertiary/aromatic N) is 9. The van der Waals surface area contributed by atoms with Gasteiger partial charge >= 0.3 is 48.2 Å². The number of ether oxygens (including phenoxy) is 7. The van der Waals surface area contributed by atoms with Crippen molar-refractivity contribution in [1.82, 2.24) is 45.9 Å². The van der Waals surface area contributed by atoms with E-state index in [0.717, 1.165) is 76.4 Å². The molecule has 586 valence electrons. The van der Waals surface area contributed by atoms with Gasteiger partial charge in [0.15, 0.2) is 53.9 Å². The van der Waals surface area contributed by atoms with Gasteiger partial charge in [-0.1, -0.05) is 38.1 Å². The van der Waals surface area contributed by atoms with Crippen LogP contribution < -0.4 is 26.0 Å². The number of nitro benzene ring substituents is 1. The van der Waals surface area contributed by atoms with E-state index in [9.17, 15) is 74.8 Å². The van der Waals surface area contributed by atoms with E-state index in [1.54, 1.807) is 0 Å². The summed E-state index contributed by atoms with van der Waals surface area (Å²) in [6.07, 6.45) is 6.02. The fourth-order valence-corrected chi connectivity index (χ4v) is 11.7. The Hall–Kier alpha value is -12.1. The number of ketones is 1. The standard InChI is InChI=1S/C24H20F2N4O8.C18H18F2N4O5.C16H17F2N3O4.C16H26N2/c1-27-10-11-37-22(31)20-19(13-35-2)28-23(36-3)29(21(20)14-4-9-17(25)18(26)12-14)24(32)38-16-7-5-15(6-8-16)30(33)34;1-21-6-7-29-16(25)14-13(9-28-3)23-18(27)24(17(26)22-2)15(14)10-4-5-11(19)12(20)8-10;1-8(22)13-12(7-25-3)20-16(24)21(15(23)19-2)14(13)9-4-5-10(17)11(18)6-9;1-14(2)6-5-11-18-12-8-15(9-13-18)16-7-3-4-10-17-16/h4-9,12,21H,10-11,13H2,2-3H3;4-5,8,15H,6-7,9H2,2-3H3,(H,22,26)(H,23,27);4-6,14H,7H2,1-3H3,(H,19,23)(H,20,24);3-4,7,10,14-15H,5-6,8-9,11-13H2,1-2H3. The first-order valence-electron chi connectivity index (χ1n) is 33.8. The fourth-order valence-electron chi connectivity index (χ4n) is 11.7. The third-order valence-electron chi connectivity index (χ3n) is 16.7. The lowest BCUT2D eigenvalue weighted by atomic mass is 9.91. The minimum atomic E-state index is -1.49. The number of carbonyl (C=O) groups is 8. The number of amidine groups is 1. The molecular weight excluding hydrogens is 1460 g/mol. The number of rotatable bonds is 23. The monoisotopic (exact) mass is 1540 g/mol. The van der Waals surface area contributed by atoms with Crippen LogP contribution in [-0.4, -0.2) is 192 Å². The topological polar surface area (TPSA) is 339 Å². The number of aromatic nitrogens is 1. The number of hydrogen-bond acceptors (Lipinski definition) is 20. The van der Waals surface area contributed by atoms with E-state index < -0.39 is 106 Å². The Morgan fingerprint density at radius 1 is 0.636 bits per heavy atom. The van der Waals surface area contributed by atoms with Gasteiger partial charge in [0.25, 0.3) is 5.69 Å². The Bertz CT molecular complexity index is 4380. The molecule has 0 radical (unpaired) electrons. The summed E-state index contributed by atoms with van der Waals surface area (Å²) in [4.78, 5) is 131. The molecule has 4 aliphatic heterocycles. The third kappa shape index (κ3) is 23.0. The molecule has 4 aliphatic rings. The molecule has 0 aliphatic carbocycles. The molecule has 3 atom stereocenters. The largest absolute Gasteiger partial charge is 0.468 e. The van der Waals surface area contributed by atoms with Gasteiger partial charge in [-0.3, -0.25) is 19.9 Å². The van der Waals surface area contributed by atoms with Gasteiger partial charge in [0.05, 0.1) is 66.1 Å². The molecule has 1 aromatic heterocycles. The number of piperidine rings is 1. The number of hydrogen-bond donors (Lipinski definition) is 4. The van der Waals surface area contributed by atoms with E-state index in [4.69, 9.17) is 46.3 Å². The van der Waals surface area contributed by atoms with Gasteiger partial charge in [0.2, 0.25) is 13.1 Å². The number of imide groups is 2. The predicted molar refractivity (Wildman–Crippen MR) is 381 cm³/mol. The maximum atomic E-state index is 14.3. The number of nitro groups is 1. The van der Waals surface area contributed by atoms with Gasteiger partial charge in [-0.2, -0.15) is 4.99 Å². The molecule has 36 heteroatoms. The number of nitrogens with one attached hydrogen (secondary N) is 4. The molecule has 0 bridgehead atoms. The number of carbonyl (C=O) groups excluding carboxylic acids is 8. The van der Waals surface area contributed by atoms with Crippen LogP contribution in [0.15, 0.2) is 142 Å². The highest BCUT2D eigenvalue weighted by Gasteiger charge is 2.46. The lowest BCUT2D eigenvalue weighted by Crippen LogP contribution is -2.54. The molecule has 9 amide bonds. The molecule has 110 heavy (non-hydrogen) atoms. The van der Waals surface area contributed by atoms with Crippen molar-refractivity contribution < 1.29 is 103 Å². The van der Waals surface area contributed by atoms with E-state index in [-0.39, 0.29) is 114 Å². The molecule has 4 aromatic carbocycles. The highest BCUT2D eigenvalue weighted by Crippen LogP contribution is 2.40. The zero-order valence-electron chi connectivity index (χ0n) is 61.3. The number of esters is 2. The van der Waals surface area contributed by atoms with E-state index >= 15 is 0 Å². The summed E-state index contributed by atoms with van der Waals surface area (Å²) < 4.78 is 118. The predicted octanol–water partition coefficient (Wildman–Crippen LogP) is 11.1.